The van der Waals surface area contributed by atoms with Crippen molar-refractivity contribution in [3.8, 4) is 0 Å². The minimum absolute atomic E-state index is 0.344. The predicted octanol–water partition coefficient (Wildman–Crippen LogP) is 2.26. The van der Waals surface area contributed by atoms with E-state index in [-0.39, 0.29) is 0 Å². The summed E-state index contributed by atoms with van der Waals surface area (Å²) in [5.41, 5.74) is 0. The Bertz CT molecular complexity index is 271. The Balaban J connectivity index is 1.90. The number of nitrogens with zero attached hydrogens (tertiary/aromatic N) is 1. The lowest BCUT2D eigenvalue weighted by Crippen LogP contribution is -2.47. The van der Waals surface area contributed by atoms with E-state index in [2.05, 4.69) is 24.1 Å². The highest BCUT2D eigenvalue weighted by Gasteiger charge is 2.30. The molecule has 18 heavy (non-hydrogen) atoms. The van der Waals surface area contributed by atoms with E-state index in [0.717, 1.165) is 12.3 Å². The van der Waals surface area contributed by atoms with E-state index in [1.54, 1.807) is 0 Å². The zero-order chi connectivity index (χ0) is 13.0. The normalized spacial score (nSPS) is 25.6. The Morgan fingerprint density at radius 1 is 1.39 bits per heavy atom. The quantitative estimate of drug-likeness (QED) is 0.850. The van der Waals surface area contributed by atoms with Crippen LogP contribution in [-0.4, -0.2) is 47.0 Å². The van der Waals surface area contributed by atoms with Crippen LogP contribution < -0.4 is 5.32 Å². The van der Waals surface area contributed by atoms with Gasteiger partial charge in [-0.1, -0.05) is 12.8 Å². The van der Waals surface area contributed by atoms with Crippen molar-refractivity contribution in [1.29, 1.82) is 0 Å². The van der Waals surface area contributed by atoms with Crippen molar-refractivity contribution in [1.82, 2.24) is 10.2 Å². The Labute approximate surface area is 115 Å². The Morgan fingerprint density at radius 3 is 2.67 bits per heavy atom. The number of rotatable bonds is 4. The van der Waals surface area contributed by atoms with Crippen LogP contribution in [0.3, 0.4) is 0 Å². The van der Waals surface area contributed by atoms with Crippen LogP contribution in [0.1, 0.15) is 46.0 Å². The third kappa shape index (κ3) is 3.64. The molecule has 1 heterocycles. The summed E-state index contributed by atoms with van der Waals surface area (Å²) in [4.78, 5) is 14.7. The molecule has 2 rings (SSSR count). The molecule has 1 atom stereocenters. The highest BCUT2D eigenvalue weighted by Crippen LogP contribution is 2.26. The average molecular weight is 270 g/mol. The van der Waals surface area contributed by atoms with Crippen LogP contribution in [0.15, 0.2) is 0 Å². The molecule has 1 unspecified atom stereocenters. The van der Waals surface area contributed by atoms with E-state index >= 15 is 0 Å². The van der Waals surface area contributed by atoms with Crippen LogP contribution in [0, 0.1) is 0 Å². The van der Waals surface area contributed by atoms with Crippen LogP contribution in [0.2, 0.25) is 0 Å². The minimum atomic E-state index is 0.344. The lowest BCUT2D eigenvalue weighted by molar-refractivity contribution is -0.135. The van der Waals surface area contributed by atoms with E-state index in [1.807, 2.05) is 11.8 Å². The van der Waals surface area contributed by atoms with E-state index < -0.39 is 0 Å². The van der Waals surface area contributed by atoms with Gasteiger partial charge in [0.05, 0.1) is 0 Å². The first-order valence-corrected chi connectivity index (χ1v) is 8.46. The molecule has 0 spiro atoms. The van der Waals surface area contributed by atoms with Crippen LogP contribution in [0.25, 0.3) is 0 Å². The topological polar surface area (TPSA) is 32.3 Å². The van der Waals surface area contributed by atoms with Gasteiger partial charge in [-0.15, -0.1) is 0 Å². The summed E-state index contributed by atoms with van der Waals surface area (Å²) in [6.45, 7) is 5.35. The third-order valence-corrected chi connectivity index (χ3v) is 5.11. The molecule has 1 N–H and O–H groups in total. The highest BCUT2D eigenvalue weighted by molar-refractivity contribution is 7.99. The van der Waals surface area contributed by atoms with Crippen molar-refractivity contribution in [2.75, 3.05) is 18.1 Å². The summed E-state index contributed by atoms with van der Waals surface area (Å²) in [6, 6.07) is 1.24. The number of carbonyl (C=O) groups excluding carboxylic acids is 1. The van der Waals surface area contributed by atoms with Gasteiger partial charge in [0.15, 0.2) is 0 Å². The van der Waals surface area contributed by atoms with Crippen molar-refractivity contribution >= 4 is 17.7 Å². The Kier molecular flexibility index (Phi) is 5.37. The number of thioether (sulfide) groups is 1. The van der Waals surface area contributed by atoms with Gasteiger partial charge in [0.1, 0.15) is 0 Å². The van der Waals surface area contributed by atoms with Crippen LogP contribution in [-0.2, 0) is 4.79 Å². The van der Waals surface area contributed by atoms with Crippen molar-refractivity contribution in [3.63, 3.8) is 0 Å². The second kappa shape index (κ2) is 6.80. The number of hydrogen-bond acceptors (Lipinski definition) is 3. The van der Waals surface area contributed by atoms with Gasteiger partial charge in [-0.25, -0.2) is 0 Å². The van der Waals surface area contributed by atoms with Crippen molar-refractivity contribution in [2.24, 2.45) is 0 Å². The SMILES string of the molecule is CC(C)N(C(=O)CC1CSCCN1)C1CCCC1. The molecule has 1 aliphatic carbocycles. The third-order valence-electron chi connectivity index (χ3n) is 3.98. The van der Waals surface area contributed by atoms with E-state index in [0.29, 0.717) is 30.5 Å². The number of hydrogen-bond donors (Lipinski definition) is 1. The lowest BCUT2D eigenvalue weighted by Gasteiger charge is -2.34. The zero-order valence-electron chi connectivity index (χ0n) is 11.7. The number of amides is 1. The fourth-order valence-electron chi connectivity index (χ4n) is 3.16. The Hall–Kier alpha value is -0.220. The van der Waals surface area contributed by atoms with Crippen molar-refractivity contribution in [3.05, 3.63) is 0 Å². The fraction of sp³-hybridized carbons (Fsp3) is 0.929. The number of nitrogens with one attached hydrogen (secondary N) is 1. The summed E-state index contributed by atoms with van der Waals surface area (Å²) in [5, 5.41) is 3.47. The van der Waals surface area contributed by atoms with Gasteiger partial charge in [0, 0.05) is 42.6 Å². The molecule has 1 saturated heterocycles. The molecule has 0 aromatic carbocycles. The summed E-state index contributed by atoms with van der Waals surface area (Å²) in [7, 11) is 0. The average Bonchev–Trinajstić information content (AvgIpc) is 2.83. The van der Waals surface area contributed by atoms with E-state index in [4.69, 9.17) is 0 Å². The maximum absolute atomic E-state index is 12.5. The largest absolute Gasteiger partial charge is 0.337 e. The van der Waals surface area contributed by atoms with Gasteiger partial charge in [0.25, 0.3) is 0 Å². The van der Waals surface area contributed by atoms with Gasteiger partial charge in [-0.05, 0) is 26.7 Å². The lowest BCUT2D eigenvalue weighted by atomic mass is 10.1. The molecule has 4 heteroatoms. The first kappa shape index (κ1) is 14.2. The molecule has 3 nitrogen and oxygen atoms in total. The molecule has 0 bridgehead atoms. The van der Waals surface area contributed by atoms with Gasteiger partial charge < -0.3 is 10.2 Å². The van der Waals surface area contributed by atoms with Crippen LogP contribution in [0.5, 0.6) is 0 Å². The maximum Gasteiger partial charge on any atom is 0.224 e. The van der Waals surface area contributed by atoms with Gasteiger partial charge in [-0.2, -0.15) is 11.8 Å². The smallest absolute Gasteiger partial charge is 0.224 e. The zero-order valence-corrected chi connectivity index (χ0v) is 12.5. The summed E-state index contributed by atoms with van der Waals surface area (Å²) in [6.07, 6.45) is 5.67. The van der Waals surface area contributed by atoms with Gasteiger partial charge >= 0.3 is 0 Å². The fourth-order valence-corrected chi connectivity index (χ4v) is 4.11. The molecular weight excluding hydrogens is 244 g/mol. The molecule has 2 fully saturated rings. The molecule has 2 aliphatic rings. The monoisotopic (exact) mass is 270 g/mol. The second-order valence-electron chi connectivity index (χ2n) is 5.76. The van der Waals surface area contributed by atoms with E-state index in [1.165, 1.54) is 31.4 Å². The molecule has 0 radical (unpaired) electrons. The van der Waals surface area contributed by atoms with Crippen LogP contribution >= 0.6 is 11.8 Å². The molecule has 1 amide bonds. The molecular formula is C14H26N2OS. The van der Waals surface area contributed by atoms with Gasteiger partial charge in [0.2, 0.25) is 5.91 Å². The summed E-state index contributed by atoms with van der Waals surface area (Å²) >= 11 is 1.96. The summed E-state index contributed by atoms with van der Waals surface area (Å²) in [5.74, 6) is 2.63. The van der Waals surface area contributed by atoms with E-state index in [9.17, 15) is 4.79 Å². The first-order valence-electron chi connectivity index (χ1n) is 7.30. The standard InChI is InChI=1S/C14H26N2OS/c1-11(2)16(13-5-3-4-6-13)14(17)9-12-10-18-8-7-15-12/h11-13,15H,3-10H2,1-2H3. The predicted molar refractivity (Wildman–Crippen MR) is 78.0 cm³/mol. The molecule has 1 saturated carbocycles. The van der Waals surface area contributed by atoms with Crippen molar-refractivity contribution in [2.45, 2.75) is 64.1 Å². The maximum atomic E-state index is 12.5. The molecule has 0 aromatic heterocycles. The highest BCUT2D eigenvalue weighted by atomic mass is 32.2. The minimum Gasteiger partial charge on any atom is -0.337 e. The molecule has 0 aromatic rings. The van der Waals surface area contributed by atoms with Crippen molar-refractivity contribution < 1.29 is 4.79 Å². The summed E-state index contributed by atoms with van der Waals surface area (Å²) < 4.78 is 0. The second-order valence-corrected chi connectivity index (χ2v) is 6.91. The number of carbonyl (C=O) groups is 1. The Morgan fingerprint density at radius 2 is 2.11 bits per heavy atom. The molecule has 104 valence electrons. The first-order chi connectivity index (χ1) is 8.68. The molecule has 1 aliphatic heterocycles. The van der Waals surface area contributed by atoms with Gasteiger partial charge in [-0.3, -0.25) is 4.79 Å². The van der Waals surface area contributed by atoms with Crippen LogP contribution in [0.4, 0.5) is 0 Å².